The number of carbonyl (C=O) groups is 1. The van der Waals surface area contributed by atoms with Crippen molar-refractivity contribution in [3.8, 4) is 5.75 Å². The first-order valence-electron chi connectivity index (χ1n) is 9.26. The lowest BCUT2D eigenvalue weighted by atomic mass is 10.1. The van der Waals surface area contributed by atoms with Gasteiger partial charge in [0.25, 0.3) is 0 Å². The highest BCUT2D eigenvalue weighted by molar-refractivity contribution is 6.32. The quantitative estimate of drug-likeness (QED) is 0.247. The van der Waals surface area contributed by atoms with Gasteiger partial charge in [-0.05, 0) is 60.3 Å². The Morgan fingerprint density at radius 1 is 0.967 bits per heavy atom. The summed E-state index contributed by atoms with van der Waals surface area (Å²) < 4.78 is 0. The summed E-state index contributed by atoms with van der Waals surface area (Å²) in [4.78, 5) is 13.9. The molecule has 5 N–H and O–H groups in total. The number of carboxylic acid groups (broad SMARTS) is 1. The molecule has 0 bridgehead atoms. The molecule has 0 aliphatic rings. The Morgan fingerprint density at radius 3 is 2.47 bits per heavy atom. The van der Waals surface area contributed by atoms with Gasteiger partial charge in [0, 0.05) is 32.4 Å². The summed E-state index contributed by atoms with van der Waals surface area (Å²) in [5.41, 5.74) is 8.99. The number of hydrogen-bond donors (Lipinski definition) is 4. The third kappa shape index (κ3) is 3.51. The van der Waals surface area contributed by atoms with Gasteiger partial charge in [-0.1, -0.05) is 35.9 Å². The summed E-state index contributed by atoms with van der Waals surface area (Å²) in [5.74, 6) is -0.661. The van der Waals surface area contributed by atoms with E-state index in [2.05, 4.69) is 17.1 Å². The standard InChI is InChI=1S/C16H10ClNO.C8H9NO2/c17-10-3-6-15-14(7-10)12-5-2-9-1-4-11(19)8-13(9)16(12)18-15;1-5-6(8(10)11)3-2-4-7(5)9/h1-8,18-19H;2-4H,9H2,1H3,(H,10,11). The maximum absolute atomic E-state index is 10.5. The maximum Gasteiger partial charge on any atom is 0.336 e. The molecule has 6 heteroatoms. The van der Waals surface area contributed by atoms with Gasteiger partial charge >= 0.3 is 5.97 Å². The molecule has 30 heavy (non-hydrogen) atoms. The number of aromatic carboxylic acids is 1. The van der Waals surface area contributed by atoms with Gasteiger partial charge in [-0.25, -0.2) is 4.79 Å². The SMILES string of the molecule is Cc1c(N)cccc1C(=O)O.Oc1ccc2ccc3c4cc(Cl)ccc4[nH]c3c2c1. The number of benzene rings is 4. The number of carboxylic acids is 1. The summed E-state index contributed by atoms with van der Waals surface area (Å²) in [7, 11) is 0. The van der Waals surface area contributed by atoms with Crippen LogP contribution in [0.5, 0.6) is 5.75 Å². The summed E-state index contributed by atoms with van der Waals surface area (Å²) in [5, 5.41) is 23.4. The van der Waals surface area contributed by atoms with E-state index < -0.39 is 5.97 Å². The van der Waals surface area contributed by atoms with Crippen molar-refractivity contribution >= 4 is 55.8 Å². The first kappa shape index (κ1) is 19.6. The van der Waals surface area contributed by atoms with Crippen LogP contribution in [0.15, 0.2) is 66.7 Å². The van der Waals surface area contributed by atoms with Crippen LogP contribution in [0.4, 0.5) is 5.69 Å². The smallest absolute Gasteiger partial charge is 0.336 e. The van der Waals surface area contributed by atoms with Crippen molar-refractivity contribution in [2.75, 3.05) is 5.73 Å². The van der Waals surface area contributed by atoms with E-state index in [1.54, 1.807) is 31.2 Å². The Labute approximate surface area is 177 Å². The molecular weight excluding hydrogens is 400 g/mol. The second-order valence-corrected chi connectivity index (χ2v) is 7.47. The third-order valence-electron chi connectivity index (χ3n) is 5.14. The van der Waals surface area contributed by atoms with Crippen molar-refractivity contribution in [3.63, 3.8) is 0 Å². The summed E-state index contributed by atoms with van der Waals surface area (Å²) in [6, 6.07) is 20.2. The van der Waals surface area contributed by atoms with Crippen LogP contribution in [-0.4, -0.2) is 21.2 Å². The van der Waals surface area contributed by atoms with E-state index in [0.717, 1.165) is 37.6 Å². The van der Waals surface area contributed by atoms with Gasteiger partial charge in [-0.15, -0.1) is 0 Å². The first-order valence-corrected chi connectivity index (χ1v) is 9.64. The number of rotatable bonds is 1. The normalized spacial score (nSPS) is 10.9. The number of phenolic OH excluding ortho intramolecular Hbond substituents is 1. The van der Waals surface area contributed by atoms with Crippen molar-refractivity contribution in [2.24, 2.45) is 0 Å². The molecule has 1 heterocycles. The molecule has 0 spiro atoms. The molecule has 0 aliphatic carbocycles. The van der Waals surface area contributed by atoms with E-state index in [0.29, 0.717) is 11.3 Å². The molecule has 5 nitrogen and oxygen atoms in total. The molecular formula is C24H19ClN2O3. The number of anilines is 1. The molecule has 0 fully saturated rings. The molecule has 1 aromatic heterocycles. The highest BCUT2D eigenvalue weighted by Gasteiger charge is 2.09. The number of H-pyrrole nitrogens is 1. The van der Waals surface area contributed by atoms with E-state index in [1.165, 1.54) is 6.07 Å². The van der Waals surface area contributed by atoms with Crippen molar-refractivity contribution in [1.82, 2.24) is 4.98 Å². The van der Waals surface area contributed by atoms with Crippen LogP contribution in [-0.2, 0) is 0 Å². The van der Waals surface area contributed by atoms with Crippen LogP contribution >= 0.6 is 11.6 Å². The number of phenols is 1. The van der Waals surface area contributed by atoms with Gasteiger partial charge in [-0.2, -0.15) is 0 Å². The summed E-state index contributed by atoms with van der Waals surface area (Å²) in [6.07, 6.45) is 0. The number of aromatic amines is 1. The van der Waals surface area contributed by atoms with Crippen LogP contribution in [0.2, 0.25) is 5.02 Å². The molecule has 5 aromatic rings. The van der Waals surface area contributed by atoms with Gasteiger partial charge in [0.05, 0.1) is 11.1 Å². The van der Waals surface area contributed by atoms with E-state index in [-0.39, 0.29) is 11.3 Å². The number of hydrogen-bond acceptors (Lipinski definition) is 3. The fourth-order valence-corrected chi connectivity index (χ4v) is 3.71. The number of nitrogens with one attached hydrogen (secondary N) is 1. The van der Waals surface area contributed by atoms with Gasteiger partial charge in [0.15, 0.2) is 0 Å². The lowest BCUT2D eigenvalue weighted by molar-refractivity contribution is 0.0696. The molecule has 0 saturated heterocycles. The Balaban J connectivity index is 0.000000170. The van der Waals surface area contributed by atoms with Crippen LogP contribution < -0.4 is 5.73 Å². The summed E-state index contributed by atoms with van der Waals surface area (Å²) in [6.45, 7) is 1.69. The van der Waals surface area contributed by atoms with Crippen LogP contribution in [0.25, 0.3) is 32.6 Å². The molecule has 4 aromatic carbocycles. The first-order chi connectivity index (χ1) is 14.3. The molecule has 5 rings (SSSR count). The second kappa shape index (κ2) is 7.61. The molecule has 0 amide bonds. The van der Waals surface area contributed by atoms with E-state index in [9.17, 15) is 9.90 Å². The number of fused-ring (bicyclic) bond motifs is 5. The van der Waals surface area contributed by atoms with Crippen LogP contribution in [0.1, 0.15) is 15.9 Å². The lowest BCUT2D eigenvalue weighted by Gasteiger charge is -2.02. The molecule has 150 valence electrons. The zero-order chi connectivity index (χ0) is 21.4. The zero-order valence-corrected chi connectivity index (χ0v) is 16.9. The van der Waals surface area contributed by atoms with Crippen molar-refractivity contribution < 1.29 is 15.0 Å². The predicted molar refractivity (Wildman–Crippen MR) is 123 cm³/mol. The number of nitrogen functional groups attached to an aromatic ring is 1. The Hall–Kier alpha value is -3.70. The number of nitrogens with two attached hydrogens (primary N) is 1. The fraction of sp³-hybridized carbons (Fsp3) is 0.0417. The van der Waals surface area contributed by atoms with Crippen LogP contribution in [0, 0.1) is 6.92 Å². The molecule has 0 aliphatic heterocycles. The van der Waals surface area contributed by atoms with Gasteiger partial charge in [0.2, 0.25) is 0 Å². The molecule has 0 atom stereocenters. The minimum Gasteiger partial charge on any atom is -0.508 e. The predicted octanol–water partition coefficient (Wildman–Crippen LogP) is 6.11. The Morgan fingerprint density at radius 2 is 1.73 bits per heavy atom. The minimum atomic E-state index is -0.935. The van der Waals surface area contributed by atoms with E-state index in [1.807, 2.05) is 24.3 Å². The maximum atomic E-state index is 10.5. The molecule has 0 radical (unpaired) electrons. The van der Waals surface area contributed by atoms with Crippen molar-refractivity contribution in [2.45, 2.75) is 6.92 Å². The Bertz CT molecular complexity index is 1420. The third-order valence-corrected chi connectivity index (χ3v) is 5.38. The van der Waals surface area contributed by atoms with Crippen molar-refractivity contribution in [3.05, 3.63) is 82.9 Å². The largest absolute Gasteiger partial charge is 0.508 e. The van der Waals surface area contributed by atoms with Gasteiger partial charge < -0.3 is 20.9 Å². The van der Waals surface area contributed by atoms with E-state index >= 15 is 0 Å². The molecule has 0 saturated carbocycles. The topological polar surface area (TPSA) is 99.3 Å². The van der Waals surface area contributed by atoms with E-state index in [4.69, 9.17) is 22.4 Å². The highest BCUT2D eigenvalue weighted by atomic mass is 35.5. The Kier molecular flexibility index (Phi) is 4.98. The average molecular weight is 419 g/mol. The van der Waals surface area contributed by atoms with Crippen molar-refractivity contribution in [1.29, 1.82) is 0 Å². The number of aromatic hydroxyl groups is 1. The van der Waals surface area contributed by atoms with Gasteiger partial charge in [-0.3, -0.25) is 0 Å². The second-order valence-electron chi connectivity index (χ2n) is 7.03. The molecule has 0 unspecified atom stereocenters. The number of halogens is 1. The summed E-state index contributed by atoms with van der Waals surface area (Å²) >= 11 is 6.07. The number of aromatic nitrogens is 1. The van der Waals surface area contributed by atoms with Gasteiger partial charge in [0.1, 0.15) is 5.75 Å². The highest BCUT2D eigenvalue weighted by Crippen LogP contribution is 2.33. The lowest BCUT2D eigenvalue weighted by Crippen LogP contribution is -2.01. The average Bonchev–Trinajstić information content (AvgIpc) is 3.08. The zero-order valence-electron chi connectivity index (χ0n) is 16.1. The monoisotopic (exact) mass is 418 g/mol. The van der Waals surface area contributed by atoms with Crippen LogP contribution in [0.3, 0.4) is 0 Å². The fourth-order valence-electron chi connectivity index (χ4n) is 3.53. The minimum absolute atomic E-state index is 0.269.